The van der Waals surface area contributed by atoms with Crippen LogP contribution < -0.4 is 5.32 Å². The van der Waals surface area contributed by atoms with Gasteiger partial charge < -0.3 is 15.1 Å². The molecule has 6 heteroatoms. The van der Waals surface area contributed by atoms with Gasteiger partial charge in [-0.1, -0.05) is 23.7 Å². The summed E-state index contributed by atoms with van der Waals surface area (Å²) in [5, 5.41) is 3.69. The fraction of sp³-hybridized carbons (Fsp3) is 0.556. The molecule has 1 heterocycles. The van der Waals surface area contributed by atoms with Gasteiger partial charge in [0.15, 0.2) is 0 Å². The second-order valence-corrected chi connectivity index (χ2v) is 7.10. The van der Waals surface area contributed by atoms with Crippen molar-refractivity contribution in [3.63, 3.8) is 0 Å². The zero-order chi connectivity index (χ0) is 17.1. The average Bonchev–Trinajstić information content (AvgIpc) is 3.40. The van der Waals surface area contributed by atoms with Crippen LogP contribution in [0.2, 0.25) is 5.02 Å². The van der Waals surface area contributed by atoms with Gasteiger partial charge in [0.1, 0.15) is 0 Å². The maximum absolute atomic E-state index is 12.5. The van der Waals surface area contributed by atoms with Crippen LogP contribution in [-0.2, 0) is 4.79 Å². The summed E-state index contributed by atoms with van der Waals surface area (Å²) in [7, 11) is 0. The Labute approximate surface area is 147 Å². The zero-order valence-electron chi connectivity index (χ0n) is 14.0. The van der Waals surface area contributed by atoms with Crippen molar-refractivity contribution in [2.24, 2.45) is 5.92 Å². The lowest BCUT2D eigenvalue weighted by molar-refractivity contribution is -0.132. The molecule has 5 nitrogen and oxygen atoms in total. The molecule has 130 valence electrons. The molecular weight excluding hydrogens is 326 g/mol. The van der Waals surface area contributed by atoms with Gasteiger partial charge in [0.2, 0.25) is 5.91 Å². The summed E-state index contributed by atoms with van der Waals surface area (Å²) in [5.74, 6) is 0.512. The number of hydrogen-bond donors (Lipinski definition) is 1. The van der Waals surface area contributed by atoms with Gasteiger partial charge in [-0.2, -0.15) is 0 Å². The van der Waals surface area contributed by atoms with E-state index in [0.717, 1.165) is 31.4 Å². The Morgan fingerprint density at radius 3 is 2.58 bits per heavy atom. The summed E-state index contributed by atoms with van der Waals surface area (Å²) in [6, 6.07) is 7.33. The van der Waals surface area contributed by atoms with Crippen molar-refractivity contribution in [2.45, 2.75) is 32.2 Å². The molecule has 3 rings (SSSR count). The third-order valence-electron chi connectivity index (χ3n) is 4.71. The van der Waals surface area contributed by atoms with Crippen LogP contribution >= 0.6 is 11.6 Å². The Kier molecular flexibility index (Phi) is 5.29. The van der Waals surface area contributed by atoms with Crippen LogP contribution in [0.5, 0.6) is 0 Å². The van der Waals surface area contributed by atoms with Gasteiger partial charge >= 0.3 is 6.03 Å². The summed E-state index contributed by atoms with van der Waals surface area (Å²) in [6.07, 6.45) is 2.88. The van der Waals surface area contributed by atoms with E-state index in [-0.39, 0.29) is 23.9 Å². The van der Waals surface area contributed by atoms with Crippen LogP contribution in [0, 0.1) is 5.92 Å². The van der Waals surface area contributed by atoms with E-state index < -0.39 is 0 Å². The van der Waals surface area contributed by atoms with Crippen LogP contribution in [-0.4, -0.2) is 47.9 Å². The number of nitrogens with zero attached hydrogens (tertiary/aromatic N) is 2. The number of hydrogen-bond acceptors (Lipinski definition) is 2. The lowest BCUT2D eigenvalue weighted by Gasteiger charge is -2.24. The predicted molar refractivity (Wildman–Crippen MR) is 93.9 cm³/mol. The highest BCUT2D eigenvalue weighted by Gasteiger charge is 2.34. The van der Waals surface area contributed by atoms with Crippen molar-refractivity contribution >= 4 is 23.5 Å². The second kappa shape index (κ2) is 7.43. The molecule has 1 aromatic rings. The van der Waals surface area contributed by atoms with Gasteiger partial charge in [0, 0.05) is 37.1 Å². The number of nitrogens with one attached hydrogen (secondary N) is 1. The van der Waals surface area contributed by atoms with Crippen molar-refractivity contribution < 1.29 is 9.59 Å². The van der Waals surface area contributed by atoms with Crippen LogP contribution in [0.3, 0.4) is 0 Å². The van der Waals surface area contributed by atoms with Crippen LogP contribution in [0.25, 0.3) is 0 Å². The predicted octanol–water partition coefficient (Wildman–Crippen LogP) is 3.05. The number of rotatable bonds is 3. The minimum absolute atomic E-state index is 0.0804. The first kappa shape index (κ1) is 17.1. The van der Waals surface area contributed by atoms with Gasteiger partial charge in [-0.05, 0) is 43.9 Å². The van der Waals surface area contributed by atoms with E-state index in [1.165, 1.54) is 0 Å². The maximum Gasteiger partial charge on any atom is 0.317 e. The lowest BCUT2D eigenvalue weighted by atomic mass is 10.1. The second-order valence-electron chi connectivity index (χ2n) is 6.67. The minimum atomic E-state index is -0.108. The van der Waals surface area contributed by atoms with Crippen molar-refractivity contribution in [3.8, 4) is 0 Å². The summed E-state index contributed by atoms with van der Waals surface area (Å²) < 4.78 is 0. The van der Waals surface area contributed by atoms with Gasteiger partial charge in [-0.25, -0.2) is 4.79 Å². The monoisotopic (exact) mass is 349 g/mol. The van der Waals surface area contributed by atoms with Crippen LogP contribution in [0.1, 0.15) is 37.8 Å². The molecule has 1 atom stereocenters. The van der Waals surface area contributed by atoms with E-state index in [4.69, 9.17) is 11.6 Å². The van der Waals surface area contributed by atoms with Crippen molar-refractivity contribution in [2.75, 3.05) is 26.2 Å². The van der Waals surface area contributed by atoms with Gasteiger partial charge in [0.05, 0.1) is 6.04 Å². The number of benzene rings is 1. The molecule has 0 radical (unpaired) electrons. The number of carbonyl (C=O) groups excluding carboxylic acids is 2. The molecule has 2 fully saturated rings. The lowest BCUT2D eigenvalue weighted by Crippen LogP contribution is -2.43. The largest absolute Gasteiger partial charge is 0.341 e. The van der Waals surface area contributed by atoms with E-state index in [9.17, 15) is 9.59 Å². The molecule has 0 bridgehead atoms. The molecule has 1 aliphatic heterocycles. The molecule has 1 N–H and O–H groups in total. The number of urea groups is 1. The van der Waals surface area contributed by atoms with E-state index in [0.29, 0.717) is 24.7 Å². The molecule has 1 aliphatic carbocycles. The molecule has 0 spiro atoms. The fourth-order valence-corrected chi connectivity index (χ4v) is 3.26. The summed E-state index contributed by atoms with van der Waals surface area (Å²) in [5.41, 5.74) is 0.983. The molecular formula is C18H24ClN3O2. The van der Waals surface area contributed by atoms with Gasteiger partial charge in [-0.3, -0.25) is 4.79 Å². The topological polar surface area (TPSA) is 52.7 Å². The highest BCUT2D eigenvalue weighted by Crippen LogP contribution is 2.31. The number of amides is 3. The molecule has 1 unspecified atom stereocenters. The smallest absolute Gasteiger partial charge is 0.317 e. The number of halogens is 1. The van der Waals surface area contributed by atoms with Crippen molar-refractivity contribution in [1.29, 1.82) is 0 Å². The SMILES string of the molecule is CC(NC(=O)N1CCCN(C(=O)C2CC2)CC1)c1cccc(Cl)c1. The number of carbonyl (C=O) groups is 2. The normalized spacial score (nSPS) is 19.6. The Morgan fingerprint density at radius 1 is 1.17 bits per heavy atom. The van der Waals surface area contributed by atoms with Crippen LogP contribution in [0.4, 0.5) is 4.79 Å². The Balaban J connectivity index is 1.54. The Bertz CT molecular complexity index is 618. The first-order valence-corrected chi connectivity index (χ1v) is 9.02. The molecule has 24 heavy (non-hydrogen) atoms. The van der Waals surface area contributed by atoms with Crippen molar-refractivity contribution in [1.82, 2.24) is 15.1 Å². The van der Waals surface area contributed by atoms with Gasteiger partial charge in [-0.15, -0.1) is 0 Å². The Hall–Kier alpha value is -1.75. The minimum Gasteiger partial charge on any atom is -0.341 e. The van der Waals surface area contributed by atoms with E-state index in [2.05, 4.69) is 5.32 Å². The molecule has 1 saturated carbocycles. The molecule has 2 aliphatic rings. The third-order valence-corrected chi connectivity index (χ3v) is 4.95. The summed E-state index contributed by atoms with van der Waals surface area (Å²) in [4.78, 5) is 28.4. The third kappa shape index (κ3) is 4.20. The first-order chi connectivity index (χ1) is 11.5. The summed E-state index contributed by atoms with van der Waals surface area (Å²) in [6.45, 7) is 4.61. The molecule has 3 amide bonds. The highest BCUT2D eigenvalue weighted by atomic mass is 35.5. The average molecular weight is 350 g/mol. The molecule has 1 saturated heterocycles. The molecule has 0 aromatic heterocycles. The van der Waals surface area contributed by atoms with Gasteiger partial charge in [0.25, 0.3) is 0 Å². The maximum atomic E-state index is 12.5. The first-order valence-electron chi connectivity index (χ1n) is 8.64. The van der Waals surface area contributed by atoms with E-state index in [1.807, 2.05) is 36.1 Å². The van der Waals surface area contributed by atoms with Crippen molar-refractivity contribution in [3.05, 3.63) is 34.9 Å². The quantitative estimate of drug-likeness (QED) is 0.911. The van der Waals surface area contributed by atoms with E-state index in [1.54, 1.807) is 4.90 Å². The Morgan fingerprint density at radius 2 is 1.88 bits per heavy atom. The summed E-state index contributed by atoms with van der Waals surface area (Å²) >= 11 is 6.01. The van der Waals surface area contributed by atoms with Crippen LogP contribution in [0.15, 0.2) is 24.3 Å². The zero-order valence-corrected chi connectivity index (χ0v) is 14.8. The fourth-order valence-electron chi connectivity index (χ4n) is 3.07. The van der Waals surface area contributed by atoms with E-state index >= 15 is 0 Å². The standard InChI is InChI=1S/C18H24ClN3O2/c1-13(15-4-2-5-16(19)12-15)20-18(24)22-9-3-8-21(10-11-22)17(23)14-6-7-14/h2,4-5,12-14H,3,6-11H2,1H3,(H,20,24). The molecule has 1 aromatic carbocycles. The highest BCUT2D eigenvalue weighted by molar-refractivity contribution is 6.30.